The molecule has 1 aliphatic rings. The Hall–Kier alpha value is -1.65. The van der Waals surface area contributed by atoms with E-state index in [1.165, 1.54) is 5.56 Å². The molecule has 0 unspecified atom stereocenters. The van der Waals surface area contributed by atoms with Gasteiger partial charge in [-0.2, -0.15) is 8.42 Å². The van der Waals surface area contributed by atoms with Crippen molar-refractivity contribution in [3.63, 3.8) is 0 Å². The molecule has 3 rings (SSSR count). The predicted octanol–water partition coefficient (Wildman–Crippen LogP) is 4.03. The van der Waals surface area contributed by atoms with Crippen LogP contribution in [0.15, 0.2) is 46.9 Å². The highest BCUT2D eigenvalue weighted by Gasteiger charge is 2.27. The van der Waals surface area contributed by atoms with Gasteiger partial charge in [0, 0.05) is 41.7 Å². The third kappa shape index (κ3) is 8.26. The molecule has 33 heavy (non-hydrogen) atoms. The van der Waals surface area contributed by atoms with E-state index in [1.54, 1.807) is 6.07 Å². The number of ether oxygens (including phenoxy) is 1. The largest absolute Gasteiger partial charge is 0.483 e. The second-order valence-electron chi connectivity index (χ2n) is 8.23. The Morgan fingerprint density at radius 1 is 1.21 bits per heavy atom. The van der Waals surface area contributed by atoms with Gasteiger partial charge in [-0.3, -0.25) is 14.2 Å². The highest BCUT2D eigenvalue weighted by Crippen LogP contribution is 2.25. The number of amides is 1. The zero-order chi connectivity index (χ0) is 24.0. The smallest absolute Gasteiger partial charge is 0.264 e. The van der Waals surface area contributed by atoms with Crippen LogP contribution in [0.2, 0.25) is 5.02 Å². The molecule has 2 aromatic rings. The molecule has 0 saturated carbocycles. The highest BCUT2D eigenvalue weighted by molar-refractivity contribution is 9.10. The molecule has 0 bridgehead atoms. The van der Waals surface area contributed by atoms with E-state index in [0.717, 1.165) is 34.7 Å². The van der Waals surface area contributed by atoms with Gasteiger partial charge in [-0.05, 0) is 61.2 Å². The fourth-order valence-electron chi connectivity index (χ4n) is 3.95. The number of carbonyl (C=O) groups is 1. The summed E-state index contributed by atoms with van der Waals surface area (Å²) in [4.78, 5) is 17.0. The fraction of sp³-hybridized carbons (Fsp3) is 0.435. The van der Waals surface area contributed by atoms with Crippen LogP contribution < -0.4 is 4.74 Å². The van der Waals surface area contributed by atoms with Crippen molar-refractivity contribution in [2.75, 3.05) is 32.0 Å². The van der Waals surface area contributed by atoms with Crippen LogP contribution in [0.25, 0.3) is 0 Å². The Labute approximate surface area is 208 Å². The molecule has 0 aromatic heterocycles. The SMILES string of the molecule is C[C@@H]1CN(Cc2ccc(Cl)cc2)CCN1C(=O)COc1ccc(Br)cc1CCCS(=O)(=O)O. The van der Waals surface area contributed by atoms with E-state index in [0.29, 0.717) is 18.7 Å². The second-order valence-corrected chi connectivity index (χ2v) is 11.2. The van der Waals surface area contributed by atoms with Crippen LogP contribution in [0.5, 0.6) is 5.75 Å². The van der Waals surface area contributed by atoms with Crippen LogP contribution in [-0.4, -0.2) is 66.7 Å². The van der Waals surface area contributed by atoms with Gasteiger partial charge in [0.25, 0.3) is 16.0 Å². The van der Waals surface area contributed by atoms with Gasteiger partial charge >= 0.3 is 0 Å². The van der Waals surface area contributed by atoms with Crippen molar-refractivity contribution in [3.05, 3.63) is 63.1 Å². The van der Waals surface area contributed by atoms with E-state index < -0.39 is 10.1 Å². The first-order chi connectivity index (χ1) is 15.6. The number of aryl methyl sites for hydroxylation is 1. The van der Waals surface area contributed by atoms with Gasteiger partial charge in [-0.25, -0.2) is 0 Å². The van der Waals surface area contributed by atoms with Gasteiger partial charge < -0.3 is 9.64 Å². The van der Waals surface area contributed by atoms with E-state index in [-0.39, 0.29) is 30.7 Å². The lowest BCUT2D eigenvalue weighted by molar-refractivity contribution is -0.138. The van der Waals surface area contributed by atoms with Crippen molar-refractivity contribution in [2.45, 2.75) is 32.4 Å². The van der Waals surface area contributed by atoms with Gasteiger partial charge in [0.15, 0.2) is 6.61 Å². The highest BCUT2D eigenvalue weighted by atomic mass is 79.9. The lowest BCUT2D eigenvalue weighted by atomic mass is 10.1. The van der Waals surface area contributed by atoms with Gasteiger partial charge in [0.05, 0.1) is 5.75 Å². The molecule has 0 aliphatic carbocycles. The Bertz CT molecular complexity index is 1070. The molecule has 10 heteroatoms. The van der Waals surface area contributed by atoms with Crippen LogP contribution in [0.4, 0.5) is 0 Å². The van der Waals surface area contributed by atoms with E-state index >= 15 is 0 Å². The topological polar surface area (TPSA) is 87.2 Å². The lowest BCUT2D eigenvalue weighted by Crippen LogP contribution is -2.54. The number of hydrogen-bond donors (Lipinski definition) is 1. The normalized spacial score (nSPS) is 17.2. The predicted molar refractivity (Wildman–Crippen MR) is 132 cm³/mol. The minimum atomic E-state index is -4.01. The van der Waals surface area contributed by atoms with Crippen molar-refractivity contribution in [3.8, 4) is 5.75 Å². The molecule has 1 amide bonds. The summed E-state index contributed by atoms with van der Waals surface area (Å²) in [6.07, 6.45) is 0.661. The summed E-state index contributed by atoms with van der Waals surface area (Å²) in [5, 5.41) is 0.717. The maximum Gasteiger partial charge on any atom is 0.264 e. The molecule has 0 spiro atoms. The molecule has 1 fully saturated rings. The van der Waals surface area contributed by atoms with Crippen LogP contribution in [0, 0.1) is 0 Å². The molecule has 1 atom stereocenters. The molecule has 1 saturated heterocycles. The quantitative estimate of drug-likeness (QED) is 0.467. The number of nitrogens with zero attached hydrogens (tertiary/aromatic N) is 2. The summed E-state index contributed by atoms with van der Waals surface area (Å²) in [5.74, 6) is 0.131. The summed E-state index contributed by atoms with van der Waals surface area (Å²) in [7, 11) is -4.01. The third-order valence-corrected chi connectivity index (χ3v) is 7.12. The van der Waals surface area contributed by atoms with Gasteiger partial charge in [0.2, 0.25) is 0 Å². The van der Waals surface area contributed by atoms with Gasteiger partial charge in [-0.15, -0.1) is 0 Å². The number of carbonyl (C=O) groups excluding carboxylic acids is 1. The molecule has 1 aliphatic heterocycles. The minimum absolute atomic E-state index is 0.0568. The zero-order valence-corrected chi connectivity index (χ0v) is 21.6. The van der Waals surface area contributed by atoms with Gasteiger partial charge in [-0.1, -0.05) is 39.7 Å². The average molecular weight is 560 g/mol. The summed E-state index contributed by atoms with van der Waals surface area (Å²) in [6.45, 7) is 4.93. The molecular weight excluding hydrogens is 532 g/mol. The summed E-state index contributed by atoms with van der Waals surface area (Å²) in [5.41, 5.74) is 1.97. The summed E-state index contributed by atoms with van der Waals surface area (Å²) >= 11 is 9.36. The Morgan fingerprint density at radius 3 is 2.61 bits per heavy atom. The zero-order valence-electron chi connectivity index (χ0n) is 18.4. The number of piperazine rings is 1. The van der Waals surface area contributed by atoms with Crippen molar-refractivity contribution in [1.29, 1.82) is 0 Å². The average Bonchev–Trinajstić information content (AvgIpc) is 2.74. The van der Waals surface area contributed by atoms with Gasteiger partial charge in [0.1, 0.15) is 5.75 Å². The number of hydrogen-bond acceptors (Lipinski definition) is 5. The maximum absolute atomic E-state index is 12.9. The van der Waals surface area contributed by atoms with Crippen molar-refractivity contribution in [2.24, 2.45) is 0 Å². The standard InChI is InChI=1S/C23H28BrClN2O5S/c1-17-14-26(15-18-4-7-21(25)8-5-18)10-11-27(17)23(28)16-32-22-9-6-20(24)13-19(22)3-2-12-33(29,30)31/h4-9,13,17H,2-3,10-12,14-16H2,1H3,(H,29,30,31)/t17-/m1/s1. The Balaban J connectivity index is 1.53. The Kier molecular flexibility index (Phi) is 9.17. The van der Waals surface area contributed by atoms with Crippen molar-refractivity contribution >= 4 is 43.6 Å². The van der Waals surface area contributed by atoms with Crippen LogP contribution in [0.1, 0.15) is 24.5 Å². The molecule has 1 heterocycles. The molecule has 1 N–H and O–H groups in total. The minimum Gasteiger partial charge on any atom is -0.483 e. The first-order valence-electron chi connectivity index (χ1n) is 10.7. The second kappa shape index (κ2) is 11.7. The third-order valence-electron chi connectivity index (χ3n) is 5.57. The molecule has 7 nitrogen and oxygen atoms in total. The fourth-order valence-corrected chi connectivity index (χ4v) is 4.99. The number of benzene rings is 2. The van der Waals surface area contributed by atoms with Crippen LogP contribution >= 0.6 is 27.5 Å². The van der Waals surface area contributed by atoms with Crippen molar-refractivity contribution < 1.29 is 22.5 Å². The molecule has 0 radical (unpaired) electrons. The number of rotatable bonds is 9. The number of halogens is 2. The van der Waals surface area contributed by atoms with E-state index in [2.05, 4.69) is 20.8 Å². The molecule has 2 aromatic carbocycles. The van der Waals surface area contributed by atoms with E-state index in [4.69, 9.17) is 20.9 Å². The first kappa shape index (κ1) is 26.0. The Morgan fingerprint density at radius 2 is 1.94 bits per heavy atom. The van der Waals surface area contributed by atoms with E-state index in [9.17, 15) is 13.2 Å². The summed E-state index contributed by atoms with van der Waals surface area (Å²) in [6, 6.07) is 13.3. The maximum atomic E-state index is 12.9. The van der Waals surface area contributed by atoms with Crippen LogP contribution in [-0.2, 0) is 27.9 Å². The van der Waals surface area contributed by atoms with E-state index in [1.807, 2.05) is 48.2 Å². The monoisotopic (exact) mass is 558 g/mol. The lowest BCUT2D eigenvalue weighted by Gasteiger charge is -2.40. The van der Waals surface area contributed by atoms with Crippen molar-refractivity contribution in [1.82, 2.24) is 9.80 Å². The first-order valence-corrected chi connectivity index (χ1v) is 13.5. The molecular formula is C23H28BrClN2O5S. The summed E-state index contributed by atoms with van der Waals surface area (Å²) < 4.78 is 37.6. The molecule has 180 valence electrons. The van der Waals surface area contributed by atoms with Crippen LogP contribution in [0.3, 0.4) is 0 Å².